The molecule has 7 nitrogen and oxygen atoms in total. The van der Waals surface area contributed by atoms with Gasteiger partial charge in [-0.2, -0.15) is 4.31 Å². The highest BCUT2D eigenvalue weighted by Crippen LogP contribution is 2.23. The van der Waals surface area contributed by atoms with Crippen molar-refractivity contribution < 1.29 is 22.7 Å². The van der Waals surface area contributed by atoms with E-state index in [0.29, 0.717) is 19.6 Å². The van der Waals surface area contributed by atoms with Crippen LogP contribution in [0.15, 0.2) is 47.4 Å². The lowest BCUT2D eigenvalue weighted by atomic mass is 10.1. The summed E-state index contributed by atoms with van der Waals surface area (Å²) in [6, 6.07) is 11.6. The third kappa shape index (κ3) is 6.29. The summed E-state index contributed by atoms with van der Waals surface area (Å²) in [7, 11) is -2.15. The van der Waals surface area contributed by atoms with E-state index in [-0.39, 0.29) is 15.5 Å². The molecule has 2 aromatic rings. The molecule has 0 atom stereocenters. The minimum absolute atomic E-state index is 0.0453. The Kier molecular flexibility index (Phi) is 8.61. The average Bonchev–Trinajstić information content (AvgIpc) is 2.74. The normalized spacial score (nSPS) is 11.4. The zero-order chi connectivity index (χ0) is 23.2. The first-order valence-corrected chi connectivity index (χ1v) is 11.7. The number of esters is 1. The van der Waals surface area contributed by atoms with E-state index >= 15 is 0 Å². The van der Waals surface area contributed by atoms with Crippen LogP contribution in [0.25, 0.3) is 0 Å². The number of hydrogen-bond acceptors (Lipinski definition) is 5. The number of carbonyl (C=O) groups is 2. The second-order valence-electron chi connectivity index (χ2n) is 7.04. The summed E-state index contributed by atoms with van der Waals surface area (Å²) in [6.45, 7) is 5.91. The number of benzene rings is 2. The predicted octanol–water partition coefficient (Wildman–Crippen LogP) is 3.49. The molecule has 0 aliphatic carbocycles. The van der Waals surface area contributed by atoms with E-state index in [1.54, 1.807) is 20.9 Å². The van der Waals surface area contributed by atoms with Gasteiger partial charge >= 0.3 is 5.97 Å². The quantitative estimate of drug-likeness (QED) is 0.528. The molecule has 2 aromatic carbocycles. The molecule has 0 unspecified atom stereocenters. The van der Waals surface area contributed by atoms with Crippen molar-refractivity contribution in [2.75, 3.05) is 26.7 Å². The van der Waals surface area contributed by atoms with Gasteiger partial charge in [0.25, 0.3) is 5.91 Å². The van der Waals surface area contributed by atoms with E-state index in [0.717, 1.165) is 11.1 Å². The molecular formula is C22H27ClN2O5S. The zero-order valence-corrected chi connectivity index (χ0v) is 19.7. The average molecular weight is 467 g/mol. The van der Waals surface area contributed by atoms with E-state index in [4.69, 9.17) is 16.3 Å². The lowest BCUT2D eigenvalue weighted by Gasteiger charge is -2.19. The van der Waals surface area contributed by atoms with Crippen LogP contribution in [0.4, 0.5) is 0 Å². The van der Waals surface area contributed by atoms with E-state index in [1.165, 1.54) is 27.4 Å². The topological polar surface area (TPSA) is 84.0 Å². The molecule has 9 heteroatoms. The molecule has 0 bridgehead atoms. The molecule has 0 aromatic heterocycles. The number of hydrogen-bond donors (Lipinski definition) is 0. The maximum atomic E-state index is 12.7. The molecule has 168 valence electrons. The number of sulfonamides is 1. The highest BCUT2D eigenvalue weighted by Gasteiger charge is 2.24. The van der Waals surface area contributed by atoms with Gasteiger partial charge in [0.1, 0.15) is 0 Å². The third-order valence-electron chi connectivity index (χ3n) is 4.79. The number of rotatable bonds is 9. The van der Waals surface area contributed by atoms with Crippen molar-refractivity contribution >= 4 is 33.5 Å². The van der Waals surface area contributed by atoms with E-state index in [9.17, 15) is 18.0 Å². The summed E-state index contributed by atoms with van der Waals surface area (Å²) >= 11 is 6.08. The van der Waals surface area contributed by atoms with Crippen LogP contribution in [0.5, 0.6) is 0 Å². The first kappa shape index (κ1) is 24.8. The first-order valence-electron chi connectivity index (χ1n) is 9.86. The fraction of sp³-hybridized carbons (Fsp3) is 0.364. The maximum Gasteiger partial charge on any atom is 0.340 e. The molecule has 1 amide bonds. The maximum absolute atomic E-state index is 12.7. The van der Waals surface area contributed by atoms with Gasteiger partial charge < -0.3 is 9.64 Å². The number of halogens is 1. The van der Waals surface area contributed by atoms with Crippen LogP contribution in [0.2, 0.25) is 5.02 Å². The second-order valence-corrected chi connectivity index (χ2v) is 9.39. The molecule has 2 rings (SSSR count). The first-order chi connectivity index (χ1) is 14.6. The lowest BCUT2D eigenvalue weighted by Crippen LogP contribution is -2.31. The van der Waals surface area contributed by atoms with Crippen molar-refractivity contribution in [1.82, 2.24) is 9.21 Å². The van der Waals surface area contributed by atoms with Gasteiger partial charge in [-0.05, 0) is 30.7 Å². The van der Waals surface area contributed by atoms with Crippen LogP contribution in [-0.2, 0) is 26.1 Å². The van der Waals surface area contributed by atoms with Gasteiger partial charge in [0, 0.05) is 26.7 Å². The van der Waals surface area contributed by atoms with Gasteiger partial charge in [0.15, 0.2) is 6.61 Å². The van der Waals surface area contributed by atoms with E-state index in [1.807, 2.05) is 31.2 Å². The predicted molar refractivity (Wildman–Crippen MR) is 119 cm³/mol. The third-order valence-corrected chi connectivity index (χ3v) is 7.17. The number of aryl methyl sites for hydroxylation is 1. The number of carbonyl (C=O) groups excluding carboxylic acids is 2. The van der Waals surface area contributed by atoms with Crippen molar-refractivity contribution in [2.24, 2.45) is 0 Å². The lowest BCUT2D eigenvalue weighted by molar-refractivity contribution is -0.133. The molecule has 0 radical (unpaired) electrons. The van der Waals surface area contributed by atoms with Gasteiger partial charge in [-0.1, -0.05) is 55.3 Å². The van der Waals surface area contributed by atoms with Crippen molar-refractivity contribution in [3.8, 4) is 0 Å². The van der Waals surface area contributed by atoms with Crippen LogP contribution in [0.3, 0.4) is 0 Å². The number of amides is 1. The summed E-state index contributed by atoms with van der Waals surface area (Å²) in [6.07, 6.45) is 0. The van der Waals surface area contributed by atoms with Crippen LogP contribution in [-0.4, -0.2) is 56.2 Å². The Balaban J connectivity index is 2.07. The SMILES string of the molecule is CCN(CC)S(=O)(=O)c1ccc(Cl)c(C(=O)OCC(=O)N(C)Cc2ccc(C)cc2)c1. The van der Waals surface area contributed by atoms with Crippen LogP contribution in [0, 0.1) is 6.92 Å². The molecule has 0 spiro atoms. The molecular weight excluding hydrogens is 440 g/mol. The number of likely N-dealkylation sites (N-methyl/N-ethyl adjacent to an activating group) is 1. The Morgan fingerprint density at radius 1 is 1.03 bits per heavy atom. The van der Waals surface area contributed by atoms with Crippen molar-refractivity contribution in [3.05, 3.63) is 64.2 Å². The van der Waals surface area contributed by atoms with Crippen LogP contribution < -0.4 is 0 Å². The Bertz CT molecular complexity index is 1030. The Labute approximate surface area is 188 Å². The Hall–Kier alpha value is -2.42. The molecule has 31 heavy (non-hydrogen) atoms. The highest BCUT2D eigenvalue weighted by molar-refractivity contribution is 7.89. The van der Waals surface area contributed by atoms with E-state index < -0.39 is 28.5 Å². The van der Waals surface area contributed by atoms with Gasteiger partial charge in [0.2, 0.25) is 10.0 Å². The highest BCUT2D eigenvalue weighted by atomic mass is 35.5. The smallest absolute Gasteiger partial charge is 0.340 e. The van der Waals surface area contributed by atoms with Crippen molar-refractivity contribution in [2.45, 2.75) is 32.2 Å². The summed E-state index contributed by atoms with van der Waals surface area (Å²) in [5.41, 5.74) is 1.96. The van der Waals surface area contributed by atoms with Gasteiger partial charge in [0.05, 0.1) is 15.5 Å². The van der Waals surface area contributed by atoms with Gasteiger partial charge in [-0.15, -0.1) is 0 Å². The molecule has 0 N–H and O–H groups in total. The Morgan fingerprint density at radius 2 is 1.65 bits per heavy atom. The summed E-state index contributed by atoms with van der Waals surface area (Å²) < 4.78 is 31.8. The fourth-order valence-electron chi connectivity index (χ4n) is 2.90. The molecule has 0 saturated heterocycles. The molecule has 0 aliphatic heterocycles. The molecule has 0 fully saturated rings. The summed E-state index contributed by atoms with van der Waals surface area (Å²) in [4.78, 5) is 26.2. The van der Waals surface area contributed by atoms with Crippen LogP contribution >= 0.6 is 11.6 Å². The minimum Gasteiger partial charge on any atom is -0.452 e. The Morgan fingerprint density at radius 3 is 2.23 bits per heavy atom. The number of ether oxygens (including phenoxy) is 1. The zero-order valence-electron chi connectivity index (χ0n) is 18.1. The van der Waals surface area contributed by atoms with Gasteiger partial charge in [-0.3, -0.25) is 4.79 Å². The fourth-order valence-corrected chi connectivity index (χ4v) is 4.58. The molecule has 0 heterocycles. The minimum atomic E-state index is -3.76. The van der Waals surface area contributed by atoms with Crippen LogP contribution in [0.1, 0.15) is 35.3 Å². The molecule has 0 saturated carbocycles. The van der Waals surface area contributed by atoms with Gasteiger partial charge in [-0.25, -0.2) is 13.2 Å². The summed E-state index contributed by atoms with van der Waals surface area (Å²) in [5, 5.41) is 0.0453. The summed E-state index contributed by atoms with van der Waals surface area (Å²) in [5.74, 6) is -1.25. The van der Waals surface area contributed by atoms with Crippen molar-refractivity contribution in [1.29, 1.82) is 0 Å². The molecule has 0 aliphatic rings. The monoisotopic (exact) mass is 466 g/mol. The standard InChI is InChI=1S/C22H27ClN2O5S/c1-5-25(6-2)31(28,29)18-11-12-20(23)19(13-18)22(27)30-15-21(26)24(4)14-17-9-7-16(3)8-10-17/h7-13H,5-6,14-15H2,1-4H3. The second kappa shape index (κ2) is 10.7. The van der Waals surface area contributed by atoms with E-state index in [2.05, 4.69) is 0 Å². The van der Waals surface area contributed by atoms with Crippen molar-refractivity contribution in [3.63, 3.8) is 0 Å². The largest absolute Gasteiger partial charge is 0.452 e. The number of nitrogens with zero attached hydrogens (tertiary/aromatic N) is 2.